The van der Waals surface area contributed by atoms with Crippen molar-refractivity contribution in [2.75, 3.05) is 7.11 Å². The molecule has 1 amide bonds. The molecule has 0 atom stereocenters. The lowest BCUT2D eigenvalue weighted by Gasteiger charge is -2.05. The molecule has 3 N–H and O–H groups in total. The zero-order valence-corrected chi connectivity index (χ0v) is 13.7. The second-order valence-corrected chi connectivity index (χ2v) is 5.45. The van der Waals surface area contributed by atoms with Crippen LogP contribution in [0.15, 0.2) is 41.5 Å². The number of hydrogen-bond donors (Lipinski definition) is 3. The number of carbonyl (C=O) groups is 1. The van der Waals surface area contributed by atoms with Crippen molar-refractivity contribution < 1.29 is 19.7 Å². The molecule has 0 heterocycles. The van der Waals surface area contributed by atoms with E-state index in [1.165, 1.54) is 31.5 Å². The largest absolute Gasteiger partial charge is 0.508 e. The molecule has 7 heteroatoms. The fourth-order valence-electron chi connectivity index (χ4n) is 1.67. The molecule has 6 nitrogen and oxygen atoms in total. The van der Waals surface area contributed by atoms with Gasteiger partial charge in [0.15, 0.2) is 0 Å². The predicted molar refractivity (Wildman–Crippen MR) is 90.5 cm³/mol. The van der Waals surface area contributed by atoms with Crippen molar-refractivity contribution >= 4 is 34.7 Å². The highest BCUT2D eigenvalue weighted by molar-refractivity contribution is 14.1. The molecule has 0 saturated carbocycles. The van der Waals surface area contributed by atoms with E-state index in [1.54, 1.807) is 18.2 Å². The topological polar surface area (TPSA) is 91.2 Å². The van der Waals surface area contributed by atoms with Gasteiger partial charge in [0, 0.05) is 17.2 Å². The molecule has 0 saturated heterocycles. The number of halogens is 1. The summed E-state index contributed by atoms with van der Waals surface area (Å²) in [5.74, 6) is 0.0243. The summed E-state index contributed by atoms with van der Waals surface area (Å²) >= 11 is 2.11. The normalized spacial score (nSPS) is 10.6. The minimum atomic E-state index is -0.399. The number of hydrazone groups is 1. The molecule has 2 aromatic rings. The van der Waals surface area contributed by atoms with Gasteiger partial charge in [-0.05, 0) is 52.9 Å². The molecule has 0 aromatic heterocycles. The van der Waals surface area contributed by atoms with Crippen LogP contribution in [0.25, 0.3) is 0 Å². The van der Waals surface area contributed by atoms with E-state index in [0.29, 0.717) is 16.9 Å². The average molecular weight is 412 g/mol. The van der Waals surface area contributed by atoms with Crippen LogP contribution in [0.2, 0.25) is 0 Å². The zero-order valence-electron chi connectivity index (χ0n) is 11.6. The Morgan fingerprint density at radius 2 is 2.05 bits per heavy atom. The summed E-state index contributed by atoms with van der Waals surface area (Å²) in [5, 5.41) is 22.6. The molecule has 0 unspecified atom stereocenters. The number of benzene rings is 2. The quantitative estimate of drug-likeness (QED) is 0.409. The number of methoxy groups -OCH3 is 1. The Morgan fingerprint density at radius 1 is 1.27 bits per heavy atom. The lowest BCUT2D eigenvalue weighted by Crippen LogP contribution is -2.17. The summed E-state index contributed by atoms with van der Waals surface area (Å²) in [6.07, 6.45) is 1.29. The number of nitrogens with zero attached hydrogens (tertiary/aromatic N) is 1. The van der Waals surface area contributed by atoms with Gasteiger partial charge < -0.3 is 14.9 Å². The van der Waals surface area contributed by atoms with E-state index in [-0.39, 0.29) is 11.5 Å². The summed E-state index contributed by atoms with van der Waals surface area (Å²) in [4.78, 5) is 12.0. The van der Waals surface area contributed by atoms with E-state index < -0.39 is 5.91 Å². The number of amides is 1. The highest BCUT2D eigenvalue weighted by atomic mass is 127. The van der Waals surface area contributed by atoms with Gasteiger partial charge in [-0.15, -0.1) is 0 Å². The number of phenolic OH excluding ortho intramolecular Hbond substituents is 2. The monoisotopic (exact) mass is 412 g/mol. The third kappa shape index (κ3) is 3.88. The molecule has 0 aliphatic heterocycles. The second kappa shape index (κ2) is 7.12. The van der Waals surface area contributed by atoms with Gasteiger partial charge in [-0.2, -0.15) is 5.10 Å². The maximum Gasteiger partial charge on any atom is 0.271 e. The molecule has 0 spiro atoms. The molecule has 2 aromatic carbocycles. The minimum Gasteiger partial charge on any atom is -0.508 e. The molecule has 2 rings (SSSR count). The van der Waals surface area contributed by atoms with Gasteiger partial charge in [0.05, 0.1) is 16.9 Å². The first-order chi connectivity index (χ1) is 10.5. The number of aromatic hydroxyl groups is 2. The Labute approximate surface area is 140 Å². The van der Waals surface area contributed by atoms with E-state index in [2.05, 4.69) is 33.1 Å². The van der Waals surface area contributed by atoms with Gasteiger partial charge in [0.1, 0.15) is 17.2 Å². The van der Waals surface area contributed by atoms with Crippen molar-refractivity contribution in [3.63, 3.8) is 0 Å². The van der Waals surface area contributed by atoms with Gasteiger partial charge in [0.25, 0.3) is 5.91 Å². The van der Waals surface area contributed by atoms with Crippen LogP contribution in [0.4, 0.5) is 0 Å². The molecule has 0 bridgehead atoms. The van der Waals surface area contributed by atoms with E-state index in [0.717, 1.165) is 3.57 Å². The molecule has 114 valence electrons. The summed E-state index contributed by atoms with van der Waals surface area (Å²) in [6, 6.07) is 9.12. The van der Waals surface area contributed by atoms with Crippen LogP contribution in [0.1, 0.15) is 15.9 Å². The summed E-state index contributed by atoms with van der Waals surface area (Å²) in [5.41, 5.74) is 3.14. The van der Waals surface area contributed by atoms with Gasteiger partial charge >= 0.3 is 0 Å². The SMILES string of the molecule is COc1cc(C(=O)N/N=C\c2ccc(O)cc2O)ccc1I. The van der Waals surface area contributed by atoms with E-state index in [1.807, 2.05) is 0 Å². The van der Waals surface area contributed by atoms with E-state index in [4.69, 9.17) is 4.74 Å². The van der Waals surface area contributed by atoms with Crippen molar-refractivity contribution in [2.45, 2.75) is 0 Å². The van der Waals surface area contributed by atoms with Crippen LogP contribution in [0, 0.1) is 3.57 Å². The Kier molecular flexibility index (Phi) is 5.21. The molecular weight excluding hydrogens is 399 g/mol. The summed E-state index contributed by atoms with van der Waals surface area (Å²) in [6.45, 7) is 0. The maximum atomic E-state index is 12.0. The molecule has 0 aliphatic rings. The maximum absolute atomic E-state index is 12.0. The van der Waals surface area contributed by atoms with Crippen LogP contribution in [0.3, 0.4) is 0 Å². The lowest BCUT2D eigenvalue weighted by molar-refractivity contribution is 0.0954. The van der Waals surface area contributed by atoms with Gasteiger partial charge in [-0.25, -0.2) is 5.43 Å². The third-order valence-corrected chi connectivity index (χ3v) is 3.69. The predicted octanol–water partition coefficient (Wildman–Crippen LogP) is 2.47. The van der Waals surface area contributed by atoms with Crippen LogP contribution in [-0.4, -0.2) is 29.4 Å². The lowest BCUT2D eigenvalue weighted by atomic mass is 10.2. The summed E-state index contributed by atoms with van der Waals surface area (Å²) in [7, 11) is 1.53. The second-order valence-electron chi connectivity index (χ2n) is 4.29. The van der Waals surface area contributed by atoms with Crippen molar-refractivity contribution in [2.24, 2.45) is 5.10 Å². The minimum absolute atomic E-state index is 0.0512. The van der Waals surface area contributed by atoms with Gasteiger partial charge in [-0.1, -0.05) is 0 Å². The van der Waals surface area contributed by atoms with E-state index in [9.17, 15) is 15.0 Å². The van der Waals surface area contributed by atoms with Crippen molar-refractivity contribution in [1.29, 1.82) is 0 Å². The Hall–Kier alpha value is -2.29. The zero-order chi connectivity index (χ0) is 16.1. The Balaban J connectivity index is 2.07. The summed E-state index contributed by atoms with van der Waals surface area (Å²) < 4.78 is 6.05. The van der Waals surface area contributed by atoms with Crippen LogP contribution >= 0.6 is 22.6 Å². The van der Waals surface area contributed by atoms with Crippen LogP contribution in [0.5, 0.6) is 17.2 Å². The average Bonchev–Trinajstić information content (AvgIpc) is 2.49. The number of nitrogens with one attached hydrogen (secondary N) is 1. The number of phenols is 2. The molecule has 22 heavy (non-hydrogen) atoms. The van der Waals surface area contributed by atoms with Crippen molar-refractivity contribution in [3.8, 4) is 17.2 Å². The van der Waals surface area contributed by atoms with Crippen molar-refractivity contribution in [1.82, 2.24) is 5.43 Å². The number of rotatable bonds is 4. The standard InChI is InChI=1S/C15H13IN2O4/c1-22-14-6-9(3-5-12(14)16)15(21)18-17-8-10-2-4-11(19)7-13(10)20/h2-8,19-20H,1H3,(H,18,21)/b17-8-. The number of hydrogen-bond acceptors (Lipinski definition) is 5. The number of ether oxygens (including phenoxy) is 1. The fraction of sp³-hybridized carbons (Fsp3) is 0.0667. The fourth-order valence-corrected chi connectivity index (χ4v) is 2.22. The van der Waals surface area contributed by atoms with Crippen LogP contribution < -0.4 is 10.2 Å². The van der Waals surface area contributed by atoms with E-state index >= 15 is 0 Å². The highest BCUT2D eigenvalue weighted by Crippen LogP contribution is 2.22. The Bertz CT molecular complexity index is 731. The first kappa shape index (κ1) is 16.1. The van der Waals surface area contributed by atoms with Gasteiger partial charge in [0.2, 0.25) is 0 Å². The smallest absolute Gasteiger partial charge is 0.271 e. The Morgan fingerprint density at radius 3 is 2.73 bits per heavy atom. The van der Waals surface area contributed by atoms with Crippen molar-refractivity contribution in [3.05, 3.63) is 51.1 Å². The molecule has 0 fully saturated rings. The third-order valence-electron chi connectivity index (χ3n) is 2.80. The molecule has 0 radical (unpaired) electrons. The molecule has 0 aliphatic carbocycles. The molecular formula is C15H13IN2O4. The first-order valence-electron chi connectivity index (χ1n) is 6.20. The number of carbonyl (C=O) groups excluding carboxylic acids is 1. The van der Waals surface area contributed by atoms with Gasteiger partial charge in [-0.3, -0.25) is 4.79 Å². The highest BCUT2D eigenvalue weighted by Gasteiger charge is 2.08. The van der Waals surface area contributed by atoms with Crippen LogP contribution in [-0.2, 0) is 0 Å². The first-order valence-corrected chi connectivity index (χ1v) is 7.28.